The molecule has 0 bridgehead atoms. The first-order valence-corrected chi connectivity index (χ1v) is 8.28. The van der Waals surface area contributed by atoms with E-state index in [1.807, 2.05) is 13.0 Å². The van der Waals surface area contributed by atoms with Gasteiger partial charge < -0.3 is 5.73 Å². The summed E-state index contributed by atoms with van der Waals surface area (Å²) in [6.45, 7) is 2.21. The molecule has 0 amide bonds. The Hall–Kier alpha value is -1.37. The number of hydrogen-bond acceptors (Lipinski definition) is 3. The maximum atomic E-state index is 12.3. The first-order chi connectivity index (χ1) is 9.42. The number of halogens is 1. The molecule has 0 aromatic heterocycles. The molecule has 3 N–H and O–H groups in total. The predicted molar refractivity (Wildman–Crippen MR) is 84.0 cm³/mol. The molecule has 0 unspecified atom stereocenters. The van der Waals surface area contributed by atoms with Gasteiger partial charge in [0.25, 0.3) is 10.0 Å². The molecular formula is C14H15BrN2O2S. The third-order valence-corrected chi connectivity index (χ3v) is 5.12. The highest BCUT2D eigenvalue weighted by molar-refractivity contribution is 9.10. The predicted octanol–water partition coefficient (Wildman–Crippen LogP) is 3.02. The summed E-state index contributed by atoms with van der Waals surface area (Å²) in [6, 6.07) is 12.0. The molecule has 0 saturated carbocycles. The zero-order chi connectivity index (χ0) is 14.8. The van der Waals surface area contributed by atoms with E-state index < -0.39 is 10.0 Å². The largest absolute Gasteiger partial charge is 0.326 e. The Bertz CT molecular complexity index is 730. The maximum Gasteiger partial charge on any atom is 0.261 e. The first kappa shape index (κ1) is 15.0. The average Bonchev–Trinajstić information content (AvgIpc) is 2.41. The van der Waals surface area contributed by atoms with Crippen molar-refractivity contribution >= 4 is 31.6 Å². The standard InChI is InChI=1S/C14H15BrN2O2S/c1-10-7-13(5-6-14(10)15)20(18,19)17-12-4-2-3-11(8-12)9-16/h2-8,17H,9,16H2,1H3. The lowest BCUT2D eigenvalue weighted by Crippen LogP contribution is -2.13. The van der Waals surface area contributed by atoms with Crippen LogP contribution in [-0.4, -0.2) is 8.42 Å². The van der Waals surface area contributed by atoms with Crippen molar-refractivity contribution in [3.8, 4) is 0 Å². The van der Waals surface area contributed by atoms with E-state index in [1.165, 1.54) is 0 Å². The van der Waals surface area contributed by atoms with E-state index in [1.54, 1.807) is 36.4 Å². The van der Waals surface area contributed by atoms with E-state index in [2.05, 4.69) is 20.7 Å². The number of benzene rings is 2. The van der Waals surface area contributed by atoms with Crippen LogP contribution >= 0.6 is 15.9 Å². The second-order valence-corrected chi connectivity index (χ2v) is 6.96. The molecule has 2 aromatic rings. The molecule has 4 nitrogen and oxygen atoms in total. The number of nitrogens with one attached hydrogen (secondary N) is 1. The minimum absolute atomic E-state index is 0.233. The Morgan fingerprint density at radius 2 is 1.95 bits per heavy atom. The number of nitrogens with two attached hydrogens (primary N) is 1. The van der Waals surface area contributed by atoms with E-state index in [0.717, 1.165) is 15.6 Å². The van der Waals surface area contributed by atoms with Crippen LogP contribution in [0.2, 0.25) is 0 Å². The second kappa shape index (κ2) is 5.95. The van der Waals surface area contributed by atoms with Crippen molar-refractivity contribution in [2.24, 2.45) is 5.73 Å². The molecule has 0 aliphatic rings. The lowest BCUT2D eigenvalue weighted by molar-refractivity contribution is 0.601. The number of rotatable bonds is 4. The SMILES string of the molecule is Cc1cc(S(=O)(=O)Nc2cccc(CN)c2)ccc1Br. The molecule has 2 rings (SSSR count). The molecule has 0 fully saturated rings. The summed E-state index contributed by atoms with van der Waals surface area (Å²) in [5.41, 5.74) is 7.79. The van der Waals surface area contributed by atoms with Crippen molar-refractivity contribution in [1.29, 1.82) is 0 Å². The molecule has 0 spiro atoms. The number of anilines is 1. The highest BCUT2D eigenvalue weighted by Crippen LogP contribution is 2.22. The average molecular weight is 355 g/mol. The fourth-order valence-corrected chi connectivity index (χ4v) is 3.14. The first-order valence-electron chi connectivity index (χ1n) is 6.00. The number of sulfonamides is 1. The minimum Gasteiger partial charge on any atom is -0.326 e. The van der Waals surface area contributed by atoms with Crippen LogP contribution in [0.1, 0.15) is 11.1 Å². The van der Waals surface area contributed by atoms with Crippen molar-refractivity contribution in [3.05, 3.63) is 58.1 Å². The van der Waals surface area contributed by atoms with Crippen LogP contribution < -0.4 is 10.5 Å². The molecule has 0 radical (unpaired) electrons. The third kappa shape index (κ3) is 3.39. The Morgan fingerprint density at radius 3 is 2.60 bits per heavy atom. The van der Waals surface area contributed by atoms with Gasteiger partial charge in [-0.15, -0.1) is 0 Å². The summed E-state index contributed by atoms with van der Waals surface area (Å²) in [6.07, 6.45) is 0. The van der Waals surface area contributed by atoms with E-state index in [0.29, 0.717) is 12.2 Å². The smallest absolute Gasteiger partial charge is 0.261 e. The molecule has 6 heteroatoms. The van der Waals surface area contributed by atoms with Crippen molar-refractivity contribution in [1.82, 2.24) is 0 Å². The van der Waals surface area contributed by atoms with Crippen LogP contribution in [-0.2, 0) is 16.6 Å². The highest BCUT2D eigenvalue weighted by Gasteiger charge is 2.15. The van der Waals surface area contributed by atoms with Gasteiger partial charge in [-0.2, -0.15) is 0 Å². The topological polar surface area (TPSA) is 72.2 Å². The summed E-state index contributed by atoms with van der Waals surface area (Å²) < 4.78 is 28.0. The Morgan fingerprint density at radius 1 is 1.20 bits per heavy atom. The van der Waals surface area contributed by atoms with Gasteiger partial charge in [0.05, 0.1) is 4.90 Å². The monoisotopic (exact) mass is 354 g/mol. The van der Waals surface area contributed by atoms with Gasteiger partial charge >= 0.3 is 0 Å². The Kier molecular flexibility index (Phi) is 4.47. The quantitative estimate of drug-likeness (QED) is 0.886. The van der Waals surface area contributed by atoms with Crippen molar-refractivity contribution in [2.45, 2.75) is 18.4 Å². The van der Waals surface area contributed by atoms with Gasteiger partial charge in [0.1, 0.15) is 0 Å². The summed E-state index contributed by atoms with van der Waals surface area (Å²) in [5, 5.41) is 0. The molecule has 0 saturated heterocycles. The molecular weight excluding hydrogens is 340 g/mol. The van der Waals surface area contributed by atoms with Crippen molar-refractivity contribution in [3.63, 3.8) is 0 Å². The molecule has 0 aliphatic carbocycles. The zero-order valence-electron chi connectivity index (χ0n) is 10.9. The molecule has 20 heavy (non-hydrogen) atoms. The zero-order valence-corrected chi connectivity index (χ0v) is 13.3. The third-order valence-electron chi connectivity index (χ3n) is 2.85. The Labute approximate surface area is 127 Å². The summed E-state index contributed by atoms with van der Waals surface area (Å²) >= 11 is 3.35. The number of aryl methyl sites for hydroxylation is 1. The van der Waals surface area contributed by atoms with Crippen LogP contribution in [0.4, 0.5) is 5.69 Å². The normalized spacial score (nSPS) is 11.3. The van der Waals surface area contributed by atoms with Gasteiger partial charge in [-0.25, -0.2) is 8.42 Å². The van der Waals surface area contributed by atoms with Crippen LogP contribution in [0.3, 0.4) is 0 Å². The molecule has 106 valence electrons. The van der Waals surface area contributed by atoms with E-state index in [4.69, 9.17) is 5.73 Å². The van der Waals surface area contributed by atoms with Gasteiger partial charge in [-0.05, 0) is 48.4 Å². The molecule has 2 aromatic carbocycles. The molecule has 0 atom stereocenters. The minimum atomic E-state index is -3.59. The van der Waals surface area contributed by atoms with Crippen LogP contribution in [0.15, 0.2) is 51.8 Å². The van der Waals surface area contributed by atoms with Gasteiger partial charge in [0.2, 0.25) is 0 Å². The lowest BCUT2D eigenvalue weighted by Gasteiger charge is -2.10. The van der Waals surface area contributed by atoms with Gasteiger partial charge in [-0.3, -0.25) is 4.72 Å². The van der Waals surface area contributed by atoms with Crippen LogP contribution in [0.25, 0.3) is 0 Å². The Balaban J connectivity index is 2.32. The van der Waals surface area contributed by atoms with Gasteiger partial charge in [0, 0.05) is 16.7 Å². The van der Waals surface area contributed by atoms with Gasteiger partial charge in [0.15, 0.2) is 0 Å². The second-order valence-electron chi connectivity index (χ2n) is 4.42. The van der Waals surface area contributed by atoms with E-state index >= 15 is 0 Å². The summed E-state index contributed by atoms with van der Waals surface area (Å²) in [4.78, 5) is 0.233. The van der Waals surface area contributed by atoms with Gasteiger partial charge in [-0.1, -0.05) is 28.1 Å². The maximum absolute atomic E-state index is 12.3. The fraction of sp³-hybridized carbons (Fsp3) is 0.143. The molecule has 0 heterocycles. The summed E-state index contributed by atoms with van der Waals surface area (Å²) in [7, 11) is -3.59. The van der Waals surface area contributed by atoms with Crippen LogP contribution in [0.5, 0.6) is 0 Å². The van der Waals surface area contributed by atoms with E-state index in [-0.39, 0.29) is 4.90 Å². The van der Waals surface area contributed by atoms with Crippen molar-refractivity contribution in [2.75, 3.05) is 4.72 Å². The molecule has 0 aliphatic heterocycles. The highest BCUT2D eigenvalue weighted by atomic mass is 79.9. The summed E-state index contributed by atoms with van der Waals surface area (Å²) in [5.74, 6) is 0. The fourth-order valence-electron chi connectivity index (χ4n) is 1.76. The van der Waals surface area contributed by atoms with Crippen molar-refractivity contribution < 1.29 is 8.42 Å². The lowest BCUT2D eigenvalue weighted by atomic mass is 10.2. The number of hydrogen-bond donors (Lipinski definition) is 2. The van der Waals surface area contributed by atoms with E-state index in [9.17, 15) is 8.42 Å². The van der Waals surface area contributed by atoms with Crippen LogP contribution in [0, 0.1) is 6.92 Å².